The molecule has 0 aliphatic carbocycles. The average Bonchev–Trinajstić information content (AvgIpc) is 2.09. The fraction of sp³-hybridized carbons (Fsp3) is 0.333. The Bertz CT molecular complexity index is 295. The van der Waals surface area contributed by atoms with Crippen LogP contribution >= 0.6 is 23.2 Å². The van der Waals surface area contributed by atoms with Gasteiger partial charge in [-0.05, 0) is 25.1 Å². The molecule has 0 bridgehead atoms. The average molecular weight is 237 g/mol. The Kier molecular flexibility index (Phi) is 4.45. The first kappa shape index (κ1) is 11.6. The summed E-state index contributed by atoms with van der Waals surface area (Å²) in [5.74, 6) is -0.440. The summed E-state index contributed by atoms with van der Waals surface area (Å²) in [7, 11) is 0. The number of rotatable bonds is 4. The molecular weight excluding hydrogens is 226 g/mol. The number of halogens is 3. The van der Waals surface area contributed by atoms with Crippen molar-refractivity contribution in [1.82, 2.24) is 0 Å². The zero-order valence-electron chi connectivity index (χ0n) is 7.49. The molecule has 0 radical (unpaired) electrons. The highest BCUT2D eigenvalue weighted by Gasteiger charge is 2.07. The SMILES string of the molecule is NCCCNc1c(Cl)cc(F)cc1Cl. The molecule has 1 aromatic rings. The Morgan fingerprint density at radius 1 is 1.29 bits per heavy atom. The van der Waals surface area contributed by atoms with Crippen LogP contribution in [0.25, 0.3) is 0 Å². The third kappa shape index (κ3) is 3.01. The summed E-state index contributed by atoms with van der Waals surface area (Å²) in [5, 5.41) is 3.57. The molecule has 0 aromatic heterocycles. The highest BCUT2D eigenvalue weighted by atomic mass is 35.5. The summed E-state index contributed by atoms with van der Waals surface area (Å²) in [6, 6.07) is 2.44. The van der Waals surface area contributed by atoms with E-state index in [9.17, 15) is 4.39 Å². The van der Waals surface area contributed by atoms with Crippen LogP contribution in [0, 0.1) is 5.82 Å². The van der Waals surface area contributed by atoms with Crippen LogP contribution in [0.2, 0.25) is 10.0 Å². The van der Waals surface area contributed by atoms with Crippen LogP contribution < -0.4 is 11.1 Å². The van der Waals surface area contributed by atoms with E-state index in [1.807, 2.05) is 0 Å². The molecule has 3 N–H and O–H groups in total. The van der Waals surface area contributed by atoms with E-state index in [0.717, 1.165) is 6.42 Å². The van der Waals surface area contributed by atoms with Crippen molar-refractivity contribution in [3.05, 3.63) is 28.0 Å². The van der Waals surface area contributed by atoms with Crippen molar-refractivity contribution >= 4 is 28.9 Å². The lowest BCUT2D eigenvalue weighted by molar-refractivity contribution is 0.628. The largest absolute Gasteiger partial charge is 0.383 e. The number of benzene rings is 1. The van der Waals surface area contributed by atoms with E-state index in [1.54, 1.807) is 0 Å². The fourth-order valence-corrected chi connectivity index (χ4v) is 1.62. The number of nitrogens with one attached hydrogen (secondary N) is 1. The topological polar surface area (TPSA) is 38.0 Å². The summed E-state index contributed by atoms with van der Waals surface area (Å²) in [6.07, 6.45) is 0.810. The molecule has 0 spiro atoms. The van der Waals surface area contributed by atoms with E-state index in [0.29, 0.717) is 18.8 Å². The predicted molar refractivity (Wildman–Crippen MR) is 58.6 cm³/mol. The van der Waals surface area contributed by atoms with Crippen LogP contribution in [0.3, 0.4) is 0 Å². The van der Waals surface area contributed by atoms with Crippen molar-refractivity contribution < 1.29 is 4.39 Å². The number of hydrogen-bond acceptors (Lipinski definition) is 2. The van der Waals surface area contributed by atoms with Crippen LogP contribution in [-0.4, -0.2) is 13.1 Å². The van der Waals surface area contributed by atoms with Crippen molar-refractivity contribution in [3.8, 4) is 0 Å². The lowest BCUT2D eigenvalue weighted by Gasteiger charge is -2.09. The second kappa shape index (κ2) is 5.39. The third-order valence-electron chi connectivity index (χ3n) is 1.69. The molecule has 0 unspecified atom stereocenters. The predicted octanol–water partition coefficient (Wildman–Crippen LogP) is 2.89. The van der Waals surface area contributed by atoms with Crippen LogP contribution in [0.5, 0.6) is 0 Å². The molecule has 14 heavy (non-hydrogen) atoms. The first-order chi connectivity index (χ1) is 6.65. The van der Waals surface area contributed by atoms with E-state index >= 15 is 0 Å². The van der Waals surface area contributed by atoms with Crippen molar-refractivity contribution in [3.63, 3.8) is 0 Å². The fourth-order valence-electron chi connectivity index (χ4n) is 1.03. The minimum Gasteiger partial charge on any atom is -0.383 e. The van der Waals surface area contributed by atoms with E-state index in [4.69, 9.17) is 28.9 Å². The first-order valence-electron chi connectivity index (χ1n) is 4.23. The lowest BCUT2D eigenvalue weighted by atomic mass is 10.3. The zero-order chi connectivity index (χ0) is 10.6. The van der Waals surface area contributed by atoms with Crippen molar-refractivity contribution in [2.45, 2.75) is 6.42 Å². The molecule has 0 aliphatic rings. The molecule has 0 aliphatic heterocycles. The summed E-state index contributed by atoms with van der Waals surface area (Å²) in [5.41, 5.74) is 5.89. The number of anilines is 1. The Morgan fingerprint density at radius 3 is 2.36 bits per heavy atom. The standard InChI is InChI=1S/C9H11Cl2FN2/c10-7-4-6(12)5-8(11)9(7)14-3-1-2-13/h4-5,14H,1-3,13H2. The molecule has 5 heteroatoms. The molecule has 0 saturated carbocycles. The van der Waals surface area contributed by atoms with Gasteiger partial charge in [0, 0.05) is 6.54 Å². The lowest BCUT2D eigenvalue weighted by Crippen LogP contribution is -2.09. The minimum atomic E-state index is -0.440. The summed E-state index contributed by atoms with van der Waals surface area (Å²) < 4.78 is 12.8. The highest BCUT2D eigenvalue weighted by Crippen LogP contribution is 2.31. The van der Waals surface area contributed by atoms with Gasteiger partial charge in [-0.25, -0.2) is 4.39 Å². The van der Waals surface area contributed by atoms with Crippen LogP contribution in [0.15, 0.2) is 12.1 Å². The van der Waals surface area contributed by atoms with Gasteiger partial charge in [0.25, 0.3) is 0 Å². The number of hydrogen-bond donors (Lipinski definition) is 2. The van der Waals surface area contributed by atoms with Gasteiger partial charge >= 0.3 is 0 Å². The van der Waals surface area contributed by atoms with Crippen molar-refractivity contribution in [2.75, 3.05) is 18.4 Å². The molecule has 0 atom stereocenters. The van der Waals surface area contributed by atoms with Crippen LogP contribution in [0.4, 0.5) is 10.1 Å². The monoisotopic (exact) mass is 236 g/mol. The number of nitrogens with two attached hydrogens (primary N) is 1. The Balaban J connectivity index is 2.75. The molecule has 1 aromatic carbocycles. The second-order valence-electron chi connectivity index (χ2n) is 2.81. The maximum absolute atomic E-state index is 12.8. The molecular formula is C9H11Cl2FN2. The maximum Gasteiger partial charge on any atom is 0.126 e. The smallest absolute Gasteiger partial charge is 0.126 e. The zero-order valence-corrected chi connectivity index (χ0v) is 9.00. The van der Waals surface area contributed by atoms with Gasteiger partial charge in [0.2, 0.25) is 0 Å². The Morgan fingerprint density at radius 2 is 1.86 bits per heavy atom. The molecule has 78 valence electrons. The Labute approximate surface area is 92.2 Å². The maximum atomic E-state index is 12.8. The van der Waals surface area contributed by atoms with Crippen molar-refractivity contribution in [1.29, 1.82) is 0 Å². The molecule has 0 heterocycles. The normalized spacial score (nSPS) is 10.3. The third-order valence-corrected chi connectivity index (χ3v) is 2.29. The molecule has 2 nitrogen and oxygen atoms in total. The van der Waals surface area contributed by atoms with Gasteiger partial charge in [-0.15, -0.1) is 0 Å². The van der Waals surface area contributed by atoms with Gasteiger partial charge in [-0.1, -0.05) is 23.2 Å². The quantitative estimate of drug-likeness (QED) is 0.790. The van der Waals surface area contributed by atoms with Crippen molar-refractivity contribution in [2.24, 2.45) is 5.73 Å². The van der Waals surface area contributed by atoms with E-state index < -0.39 is 5.82 Å². The van der Waals surface area contributed by atoms with Gasteiger partial charge in [-0.2, -0.15) is 0 Å². The molecule has 1 rings (SSSR count). The first-order valence-corrected chi connectivity index (χ1v) is 4.99. The van der Waals surface area contributed by atoms with Gasteiger partial charge in [0.15, 0.2) is 0 Å². The van der Waals surface area contributed by atoms with E-state index in [-0.39, 0.29) is 10.0 Å². The van der Waals surface area contributed by atoms with Gasteiger partial charge in [0.1, 0.15) is 5.82 Å². The van der Waals surface area contributed by atoms with Gasteiger partial charge in [0.05, 0.1) is 15.7 Å². The highest BCUT2D eigenvalue weighted by molar-refractivity contribution is 6.39. The summed E-state index contributed by atoms with van der Waals surface area (Å²) in [4.78, 5) is 0. The second-order valence-corrected chi connectivity index (χ2v) is 3.63. The van der Waals surface area contributed by atoms with Crippen LogP contribution in [-0.2, 0) is 0 Å². The Hall–Kier alpha value is -0.510. The molecule has 0 fully saturated rings. The summed E-state index contributed by atoms with van der Waals surface area (Å²) in [6.45, 7) is 1.25. The van der Waals surface area contributed by atoms with Crippen LogP contribution in [0.1, 0.15) is 6.42 Å². The van der Waals surface area contributed by atoms with E-state index in [1.165, 1.54) is 12.1 Å². The minimum absolute atomic E-state index is 0.284. The molecule has 0 amide bonds. The van der Waals surface area contributed by atoms with Gasteiger partial charge < -0.3 is 11.1 Å². The summed E-state index contributed by atoms with van der Waals surface area (Å²) >= 11 is 11.6. The van der Waals surface area contributed by atoms with E-state index in [2.05, 4.69) is 5.32 Å². The molecule has 0 saturated heterocycles. The van der Waals surface area contributed by atoms with Gasteiger partial charge in [-0.3, -0.25) is 0 Å².